The monoisotopic (exact) mass is 566 g/mol. The van der Waals surface area contributed by atoms with Gasteiger partial charge in [-0.1, -0.05) is 6.07 Å². The molecule has 4 aromatic rings. The van der Waals surface area contributed by atoms with Crippen LogP contribution in [0.2, 0.25) is 0 Å². The number of halogens is 2. The highest BCUT2D eigenvalue weighted by Crippen LogP contribution is 2.38. The molecule has 0 spiro atoms. The maximum absolute atomic E-state index is 15.0. The number of anilines is 1. The molecule has 1 aliphatic heterocycles. The fraction of sp³-hybridized carbons (Fsp3) is 0.300. The van der Waals surface area contributed by atoms with Gasteiger partial charge >= 0.3 is 0 Å². The number of aromatic nitrogens is 1. The van der Waals surface area contributed by atoms with Gasteiger partial charge in [0.2, 0.25) is 0 Å². The van der Waals surface area contributed by atoms with E-state index in [-0.39, 0.29) is 11.6 Å². The van der Waals surface area contributed by atoms with Crippen molar-refractivity contribution in [2.75, 3.05) is 58.2 Å². The van der Waals surface area contributed by atoms with Crippen LogP contribution < -0.4 is 18.9 Å². The Morgan fingerprint density at radius 3 is 2.55 bits per heavy atom. The third-order valence-corrected chi connectivity index (χ3v) is 7.52. The molecule has 0 unspecified atom stereocenters. The van der Waals surface area contributed by atoms with Gasteiger partial charge in [0.25, 0.3) is 0 Å². The smallest absolute Gasteiger partial charge is 0.167 e. The van der Waals surface area contributed by atoms with Crippen LogP contribution in [0, 0.1) is 11.6 Å². The Bertz CT molecular complexity index is 1450. The van der Waals surface area contributed by atoms with E-state index in [4.69, 9.17) is 14.2 Å². The molecule has 0 amide bonds. The van der Waals surface area contributed by atoms with Gasteiger partial charge in [0.05, 0.1) is 19.2 Å². The van der Waals surface area contributed by atoms with Gasteiger partial charge in [0.1, 0.15) is 11.6 Å². The molecular formula is C30H32F2N4O3S. The fourth-order valence-electron chi connectivity index (χ4n) is 4.45. The van der Waals surface area contributed by atoms with E-state index < -0.39 is 5.82 Å². The quantitative estimate of drug-likeness (QED) is 0.164. The third-order valence-electron chi connectivity index (χ3n) is 6.69. The van der Waals surface area contributed by atoms with Crippen molar-refractivity contribution in [3.63, 3.8) is 0 Å². The highest BCUT2D eigenvalue weighted by atomic mass is 32.2. The molecule has 3 aromatic carbocycles. The van der Waals surface area contributed by atoms with Crippen LogP contribution in [-0.4, -0.2) is 68.3 Å². The van der Waals surface area contributed by atoms with Crippen LogP contribution in [0.1, 0.15) is 6.42 Å². The number of fused-ring (bicyclic) bond motifs is 1. The fourth-order valence-corrected chi connectivity index (χ4v) is 5.13. The second-order valence-electron chi connectivity index (χ2n) is 9.58. The standard InChI is InChI=1S/C30H32F2N4O3S/c1-35-12-14-36(15-13-35)11-4-16-38-30-20-26-24(19-29(30)37-2)27(9-10-33-26)39-28-8-7-22(18-25(28)32)34-40-23-6-3-5-21(31)17-23/h3,5-10,17-20,34H,4,11-16H2,1-2H3. The summed E-state index contributed by atoms with van der Waals surface area (Å²) in [5, 5.41) is 0.674. The number of pyridine rings is 1. The lowest BCUT2D eigenvalue weighted by atomic mass is 10.1. The summed E-state index contributed by atoms with van der Waals surface area (Å²) in [6.45, 7) is 5.90. The van der Waals surface area contributed by atoms with E-state index in [1.807, 2.05) is 6.07 Å². The van der Waals surface area contributed by atoms with E-state index in [9.17, 15) is 8.78 Å². The SMILES string of the molecule is COc1cc2c(Oc3ccc(NSc4cccc(F)c4)cc3F)ccnc2cc1OCCCN1CCN(C)CC1. The number of nitrogens with zero attached hydrogens (tertiary/aromatic N) is 3. The van der Waals surface area contributed by atoms with Crippen molar-refractivity contribution in [1.29, 1.82) is 0 Å². The van der Waals surface area contributed by atoms with Gasteiger partial charge in [-0.05, 0) is 67.9 Å². The van der Waals surface area contributed by atoms with Crippen LogP contribution >= 0.6 is 11.9 Å². The summed E-state index contributed by atoms with van der Waals surface area (Å²) in [4.78, 5) is 9.94. The molecule has 40 heavy (non-hydrogen) atoms. The lowest BCUT2D eigenvalue weighted by Crippen LogP contribution is -2.44. The highest BCUT2D eigenvalue weighted by molar-refractivity contribution is 8.00. The zero-order valence-electron chi connectivity index (χ0n) is 22.5. The number of benzene rings is 3. The number of piperazine rings is 1. The first-order chi connectivity index (χ1) is 19.5. The third kappa shape index (κ3) is 7.12. The number of rotatable bonds is 11. The summed E-state index contributed by atoms with van der Waals surface area (Å²) in [7, 11) is 3.74. The summed E-state index contributed by atoms with van der Waals surface area (Å²) in [5.74, 6) is 0.801. The van der Waals surface area contributed by atoms with Crippen molar-refractivity contribution in [3.05, 3.63) is 78.5 Å². The number of methoxy groups -OCH3 is 1. The van der Waals surface area contributed by atoms with E-state index in [0.29, 0.717) is 45.3 Å². The Hall–Kier alpha value is -3.60. The molecule has 1 saturated heterocycles. The molecular weight excluding hydrogens is 534 g/mol. The topological polar surface area (TPSA) is 59.1 Å². The first kappa shape index (κ1) is 27.9. The minimum absolute atomic E-state index is 0.0667. The van der Waals surface area contributed by atoms with Gasteiger partial charge < -0.3 is 28.7 Å². The van der Waals surface area contributed by atoms with Crippen LogP contribution in [-0.2, 0) is 0 Å². The van der Waals surface area contributed by atoms with E-state index in [1.165, 1.54) is 30.1 Å². The van der Waals surface area contributed by atoms with Gasteiger partial charge in [0.15, 0.2) is 23.1 Å². The minimum Gasteiger partial charge on any atom is -0.493 e. The molecule has 0 radical (unpaired) electrons. The number of ether oxygens (including phenoxy) is 3. The van der Waals surface area contributed by atoms with Gasteiger partial charge in [-0.3, -0.25) is 4.98 Å². The molecule has 1 aromatic heterocycles. The van der Waals surface area contributed by atoms with Crippen molar-refractivity contribution >= 4 is 28.5 Å². The molecule has 5 rings (SSSR count). The lowest BCUT2D eigenvalue weighted by Gasteiger charge is -2.32. The number of hydrogen-bond donors (Lipinski definition) is 1. The molecule has 1 aliphatic rings. The summed E-state index contributed by atoms with van der Waals surface area (Å²) in [6.07, 6.45) is 2.52. The van der Waals surface area contributed by atoms with Crippen molar-refractivity contribution in [2.45, 2.75) is 11.3 Å². The molecule has 0 aliphatic carbocycles. The van der Waals surface area contributed by atoms with E-state index >= 15 is 0 Å². The second kappa shape index (κ2) is 13.2. The average molecular weight is 567 g/mol. The Morgan fingerprint density at radius 1 is 0.925 bits per heavy atom. The van der Waals surface area contributed by atoms with Gasteiger partial charge in [-0.15, -0.1) is 0 Å². The number of nitrogens with one attached hydrogen (secondary N) is 1. The molecule has 10 heteroatoms. The van der Waals surface area contributed by atoms with Crippen molar-refractivity contribution in [1.82, 2.24) is 14.8 Å². The van der Waals surface area contributed by atoms with Crippen molar-refractivity contribution < 1.29 is 23.0 Å². The van der Waals surface area contributed by atoms with Crippen LogP contribution in [0.5, 0.6) is 23.0 Å². The highest BCUT2D eigenvalue weighted by Gasteiger charge is 2.16. The normalized spacial score (nSPS) is 14.3. The lowest BCUT2D eigenvalue weighted by molar-refractivity contribution is 0.145. The average Bonchev–Trinajstić information content (AvgIpc) is 2.96. The minimum atomic E-state index is -0.540. The van der Waals surface area contributed by atoms with E-state index in [2.05, 4.69) is 26.6 Å². The number of hydrogen-bond acceptors (Lipinski definition) is 8. The van der Waals surface area contributed by atoms with E-state index in [0.717, 1.165) is 39.1 Å². The second-order valence-corrected chi connectivity index (χ2v) is 10.5. The number of likely N-dealkylation sites (N-methyl/N-ethyl adjacent to an activating group) is 1. The summed E-state index contributed by atoms with van der Waals surface area (Å²) in [5.41, 5.74) is 1.17. The molecule has 7 nitrogen and oxygen atoms in total. The molecule has 0 saturated carbocycles. The van der Waals surface area contributed by atoms with Crippen LogP contribution in [0.25, 0.3) is 10.9 Å². The van der Waals surface area contributed by atoms with Crippen LogP contribution in [0.4, 0.5) is 14.5 Å². The molecule has 2 heterocycles. The van der Waals surface area contributed by atoms with Crippen LogP contribution in [0.15, 0.2) is 71.8 Å². The van der Waals surface area contributed by atoms with Crippen molar-refractivity contribution in [2.24, 2.45) is 0 Å². The molecule has 0 atom stereocenters. The van der Waals surface area contributed by atoms with Crippen molar-refractivity contribution in [3.8, 4) is 23.0 Å². The maximum Gasteiger partial charge on any atom is 0.167 e. The predicted octanol–water partition coefficient (Wildman–Crippen LogP) is 6.45. The zero-order chi connectivity index (χ0) is 27.9. The largest absolute Gasteiger partial charge is 0.493 e. The molecule has 210 valence electrons. The summed E-state index contributed by atoms with van der Waals surface area (Å²) in [6, 6.07) is 16.0. The van der Waals surface area contributed by atoms with Crippen LogP contribution in [0.3, 0.4) is 0 Å². The first-order valence-electron chi connectivity index (χ1n) is 13.1. The van der Waals surface area contributed by atoms with Gasteiger partial charge in [-0.25, -0.2) is 8.78 Å². The van der Waals surface area contributed by atoms with Gasteiger partial charge in [-0.2, -0.15) is 0 Å². The zero-order valence-corrected chi connectivity index (χ0v) is 23.3. The summed E-state index contributed by atoms with van der Waals surface area (Å²) >= 11 is 1.19. The Morgan fingerprint density at radius 2 is 1.77 bits per heavy atom. The first-order valence-corrected chi connectivity index (χ1v) is 14.0. The molecule has 1 fully saturated rings. The predicted molar refractivity (Wildman–Crippen MR) is 155 cm³/mol. The van der Waals surface area contributed by atoms with E-state index in [1.54, 1.807) is 49.7 Å². The maximum atomic E-state index is 15.0. The Kier molecular flexibility index (Phi) is 9.20. The molecule has 0 bridgehead atoms. The Balaban J connectivity index is 1.24. The summed E-state index contributed by atoms with van der Waals surface area (Å²) < 4.78 is 49.0. The van der Waals surface area contributed by atoms with Gasteiger partial charge in [0, 0.05) is 67.0 Å². The molecule has 1 N–H and O–H groups in total. The Labute approximate surface area is 237 Å².